The van der Waals surface area contributed by atoms with Gasteiger partial charge >= 0.3 is 0 Å². The summed E-state index contributed by atoms with van der Waals surface area (Å²) in [7, 11) is 0. The van der Waals surface area contributed by atoms with E-state index in [0.29, 0.717) is 31.9 Å². The van der Waals surface area contributed by atoms with Crippen LogP contribution in [-0.4, -0.2) is 20.4 Å². The summed E-state index contributed by atoms with van der Waals surface area (Å²) in [6, 6.07) is 0. The molecule has 0 aliphatic carbocycles. The molecular formula is C22H18Cl6N4S2. The standard InChI is InChI=1S/C22H18Cl6N4S2/c1-3-5-7-9-29-31-21(33-9)13-11-12(16(24)19(27)17(13)25)14(18(26)20(28)15(11)23)22-32-30-10(34-22)8-6-4-2/h3-8H2,1-2H3. The molecule has 4 nitrogen and oxygen atoms in total. The van der Waals surface area contributed by atoms with Gasteiger partial charge in [0, 0.05) is 34.7 Å². The van der Waals surface area contributed by atoms with Crippen LogP contribution in [0.4, 0.5) is 0 Å². The lowest BCUT2D eigenvalue weighted by atomic mass is 9.99. The van der Waals surface area contributed by atoms with Gasteiger partial charge in [-0.1, -0.05) is 119 Å². The van der Waals surface area contributed by atoms with Gasteiger partial charge in [-0.25, -0.2) is 0 Å². The van der Waals surface area contributed by atoms with E-state index in [2.05, 4.69) is 34.2 Å². The Bertz CT molecular complexity index is 1260. The zero-order chi connectivity index (χ0) is 24.6. The van der Waals surface area contributed by atoms with E-state index < -0.39 is 0 Å². The molecule has 12 heteroatoms. The maximum absolute atomic E-state index is 6.75. The third kappa shape index (κ3) is 4.90. The number of aromatic nitrogens is 4. The zero-order valence-electron chi connectivity index (χ0n) is 18.1. The monoisotopic (exact) mass is 612 g/mol. The Hall–Kier alpha value is -0.440. The van der Waals surface area contributed by atoms with Gasteiger partial charge in [0.2, 0.25) is 0 Å². The highest BCUT2D eigenvalue weighted by molar-refractivity contribution is 7.15. The summed E-state index contributed by atoms with van der Waals surface area (Å²) < 4.78 is 0. The van der Waals surface area contributed by atoms with Crippen LogP contribution in [0.1, 0.15) is 49.5 Å². The van der Waals surface area contributed by atoms with Crippen molar-refractivity contribution in [2.24, 2.45) is 0 Å². The van der Waals surface area contributed by atoms with Gasteiger partial charge in [0.25, 0.3) is 0 Å². The summed E-state index contributed by atoms with van der Waals surface area (Å²) in [4.78, 5) is 0. The molecule has 0 saturated carbocycles. The summed E-state index contributed by atoms with van der Waals surface area (Å²) >= 11 is 43.0. The molecule has 0 aliphatic heterocycles. The molecule has 0 spiro atoms. The number of fused-ring (bicyclic) bond motifs is 1. The minimum absolute atomic E-state index is 0.169. The number of nitrogens with zero attached hydrogens (tertiary/aromatic N) is 4. The van der Waals surface area contributed by atoms with E-state index in [0.717, 1.165) is 48.5 Å². The van der Waals surface area contributed by atoms with Crippen LogP contribution in [0.2, 0.25) is 30.1 Å². The lowest BCUT2D eigenvalue weighted by Gasteiger charge is -2.17. The number of hydrogen-bond acceptors (Lipinski definition) is 6. The predicted octanol–water partition coefficient (Wildman–Crippen LogP) is 10.5. The minimum atomic E-state index is 0.169. The van der Waals surface area contributed by atoms with Gasteiger partial charge in [-0.2, -0.15) is 0 Å². The van der Waals surface area contributed by atoms with Gasteiger partial charge in [-0.05, 0) is 12.8 Å². The predicted molar refractivity (Wildman–Crippen MR) is 149 cm³/mol. The van der Waals surface area contributed by atoms with Crippen molar-refractivity contribution in [1.29, 1.82) is 0 Å². The Balaban J connectivity index is 2.04. The number of aryl methyl sites for hydroxylation is 2. The molecule has 0 N–H and O–H groups in total. The van der Waals surface area contributed by atoms with Crippen LogP contribution in [0.3, 0.4) is 0 Å². The third-order valence-corrected chi connectivity index (χ3v) is 9.90. The van der Waals surface area contributed by atoms with Gasteiger partial charge in [-0.15, -0.1) is 20.4 Å². The summed E-state index contributed by atoms with van der Waals surface area (Å²) in [5, 5.41) is 22.6. The molecule has 0 fully saturated rings. The number of hydrogen-bond donors (Lipinski definition) is 0. The van der Waals surface area contributed by atoms with Crippen LogP contribution >= 0.6 is 92.3 Å². The van der Waals surface area contributed by atoms with Crippen LogP contribution in [-0.2, 0) is 12.8 Å². The molecule has 0 unspecified atom stereocenters. The van der Waals surface area contributed by atoms with Gasteiger partial charge < -0.3 is 0 Å². The van der Waals surface area contributed by atoms with Crippen molar-refractivity contribution >= 4 is 103 Å². The van der Waals surface area contributed by atoms with E-state index in [1.165, 1.54) is 22.7 Å². The van der Waals surface area contributed by atoms with Crippen molar-refractivity contribution in [3.63, 3.8) is 0 Å². The molecule has 0 aliphatic rings. The Kier molecular flexibility index (Phi) is 8.85. The minimum Gasteiger partial charge on any atom is -0.143 e. The maximum atomic E-state index is 6.75. The summed E-state index contributed by atoms with van der Waals surface area (Å²) in [6.45, 7) is 4.25. The van der Waals surface area contributed by atoms with E-state index in [1.807, 2.05) is 0 Å². The van der Waals surface area contributed by atoms with Gasteiger partial charge in [0.15, 0.2) is 0 Å². The van der Waals surface area contributed by atoms with E-state index in [1.54, 1.807) is 0 Å². The second-order valence-electron chi connectivity index (χ2n) is 7.59. The maximum Gasteiger partial charge on any atom is 0.150 e. The van der Waals surface area contributed by atoms with Crippen LogP contribution in [0.25, 0.3) is 31.9 Å². The van der Waals surface area contributed by atoms with Crippen LogP contribution < -0.4 is 0 Å². The second-order valence-corrected chi connectivity index (χ2v) is 12.0. The van der Waals surface area contributed by atoms with E-state index >= 15 is 0 Å². The number of halogens is 6. The van der Waals surface area contributed by atoms with Crippen LogP contribution in [0.5, 0.6) is 0 Å². The molecule has 0 bridgehead atoms. The van der Waals surface area contributed by atoms with E-state index in [4.69, 9.17) is 69.6 Å². The average molecular weight is 615 g/mol. The Morgan fingerprint density at radius 1 is 0.529 bits per heavy atom. The van der Waals surface area contributed by atoms with E-state index in [9.17, 15) is 0 Å². The van der Waals surface area contributed by atoms with Crippen molar-refractivity contribution < 1.29 is 0 Å². The molecular weight excluding hydrogens is 597 g/mol. The molecule has 180 valence electrons. The molecule has 0 amide bonds. The summed E-state index contributed by atoms with van der Waals surface area (Å²) in [5.74, 6) is 0. The molecule has 2 aromatic carbocycles. The molecule has 0 saturated heterocycles. The number of rotatable bonds is 8. The topological polar surface area (TPSA) is 51.6 Å². The van der Waals surface area contributed by atoms with Gasteiger partial charge in [-0.3, -0.25) is 0 Å². The first kappa shape index (κ1) is 26.6. The quantitative estimate of drug-likeness (QED) is 0.185. The highest BCUT2D eigenvalue weighted by atomic mass is 35.5. The number of unbranched alkanes of at least 4 members (excludes halogenated alkanes) is 2. The van der Waals surface area contributed by atoms with Crippen molar-refractivity contribution in [1.82, 2.24) is 20.4 Å². The fourth-order valence-electron chi connectivity index (χ4n) is 3.51. The van der Waals surface area contributed by atoms with E-state index in [-0.39, 0.29) is 30.1 Å². The van der Waals surface area contributed by atoms with Crippen molar-refractivity contribution in [2.45, 2.75) is 52.4 Å². The lowest BCUT2D eigenvalue weighted by Crippen LogP contribution is -1.93. The Morgan fingerprint density at radius 3 is 1.26 bits per heavy atom. The molecule has 2 heterocycles. The number of benzene rings is 2. The Morgan fingerprint density at radius 2 is 0.912 bits per heavy atom. The van der Waals surface area contributed by atoms with Crippen LogP contribution in [0, 0.1) is 0 Å². The molecule has 34 heavy (non-hydrogen) atoms. The smallest absolute Gasteiger partial charge is 0.143 e. The first-order valence-electron chi connectivity index (χ1n) is 10.6. The Labute approximate surface area is 235 Å². The molecule has 4 aromatic rings. The van der Waals surface area contributed by atoms with Gasteiger partial charge in [0.05, 0.1) is 30.1 Å². The third-order valence-electron chi connectivity index (χ3n) is 5.25. The SMILES string of the molecule is CCCCc1nnc(-c2c(Cl)c(Cl)c(Cl)c3c(-c4nnc(CCCC)s4)c(Cl)c(Cl)c(Cl)c23)s1. The highest BCUT2D eigenvalue weighted by Crippen LogP contribution is 2.55. The summed E-state index contributed by atoms with van der Waals surface area (Å²) in [6.07, 6.45) is 5.76. The molecule has 4 rings (SSSR count). The molecule has 0 atom stereocenters. The normalized spacial score (nSPS) is 11.6. The van der Waals surface area contributed by atoms with Crippen molar-refractivity contribution in [3.8, 4) is 21.1 Å². The lowest BCUT2D eigenvalue weighted by molar-refractivity contribution is 0.780. The zero-order valence-corrected chi connectivity index (χ0v) is 24.3. The fraction of sp³-hybridized carbons (Fsp3) is 0.364. The first-order chi connectivity index (χ1) is 16.3. The highest BCUT2D eigenvalue weighted by Gasteiger charge is 2.29. The summed E-state index contributed by atoms with van der Waals surface area (Å²) in [5.41, 5.74) is 1.04. The largest absolute Gasteiger partial charge is 0.150 e. The van der Waals surface area contributed by atoms with Gasteiger partial charge in [0.1, 0.15) is 20.0 Å². The van der Waals surface area contributed by atoms with Crippen LogP contribution in [0.15, 0.2) is 0 Å². The second kappa shape index (κ2) is 11.3. The fourth-order valence-corrected chi connectivity index (χ4v) is 7.10. The molecule has 0 radical (unpaired) electrons. The van der Waals surface area contributed by atoms with Crippen molar-refractivity contribution in [3.05, 3.63) is 40.2 Å². The van der Waals surface area contributed by atoms with Crippen molar-refractivity contribution in [2.75, 3.05) is 0 Å². The first-order valence-corrected chi connectivity index (χ1v) is 14.5. The average Bonchev–Trinajstić information content (AvgIpc) is 3.49. The molecule has 2 aromatic heterocycles.